The largest absolute Gasteiger partial charge is 0.506 e. The standard InChI is InChI=1S/C14H17NO9/c1-7-12(20)9(8(5-16)4-15-7)6-24-11(19)3-14(23,13(21)22)2-10(17)18/h4,16,20,23H,2-3,5-6H2,1H3,(H,17,18)(H,21,22). The first-order chi connectivity index (χ1) is 11.1. The molecule has 0 aliphatic heterocycles. The van der Waals surface area contributed by atoms with Crippen LogP contribution in [0.3, 0.4) is 0 Å². The highest BCUT2D eigenvalue weighted by Crippen LogP contribution is 2.25. The van der Waals surface area contributed by atoms with Crippen molar-refractivity contribution in [3.63, 3.8) is 0 Å². The first kappa shape index (κ1) is 19.3. The van der Waals surface area contributed by atoms with E-state index in [0.29, 0.717) is 0 Å². The number of ether oxygens (including phenoxy) is 1. The van der Waals surface area contributed by atoms with Crippen LogP contribution in [0.1, 0.15) is 29.7 Å². The summed E-state index contributed by atoms with van der Waals surface area (Å²) >= 11 is 0. The highest BCUT2D eigenvalue weighted by molar-refractivity contribution is 5.88. The highest BCUT2D eigenvalue weighted by Gasteiger charge is 2.41. The molecule has 0 aliphatic rings. The van der Waals surface area contributed by atoms with Gasteiger partial charge in [-0.25, -0.2) is 4.79 Å². The van der Waals surface area contributed by atoms with E-state index in [9.17, 15) is 29.7 Å². The van der Waals surface area contributed by atoms with E-state index in [4.69, 9.17) is 14.9 Å². The number of hydrogen-bond donors (Lipinski definition) is 5. The number of aliphatic hydroxyl groups is 2. The van der Waals surface area contributed by atoms with Crippen LogP contribution < -0.4 is 0 Å². The van der Waals surface area contributed by atoms with Gasteiger partial charge in [0.25, 0.3) is 0 Å². The van der Waals surface area contributed by atoms with E-state index < -0.39 is 49.6 Å². The zero-order valence-corrected chi connectivity index (χ0v) is 12.7. The molecule has 0 saturated heterocycles. The Labute approximate surface area is 136 Å². The van der Waals surface area contributed by atoms with E-state index >= 15 is 0 Å². The van der Waals surface area contributed by atoms with Crippen LogP contribution >= 0.6 is 0 Å². The summed E-state index contributed by atoms with van der Waals surface area (Å²) in [4.78, 5) is 37.1. The molecule has 0 aromatic carbocycles. The van der Waals surface area contributed by atoms with E-state index in [-0.39, 0.29) is 22.6 Å². The molecule has 1 unspecified atom stereocenters. The summed E-state index contributed by atoms with van der Waals surface area (Å²) < 4.78 is 4.78. The van der Waals surface area contributed by atoms with Crippen molar-refractivity contribution in [1.82, 2.24) is 4.98 Å². The number of aryl methyl sites for hydroxylation is 1. The van der Waals surface area contributed by atoms with Gasteiger partial charge in [0.15, 0.2) is 5.60 Å². The van der Waals surface area contributed by atoms with Gasteiger partial charge in [0, 0.05) is 17.3 Å². The van der Waals surface area contributed by atoms with Gasteiger partial charge in [0.2, 0.25) is 0 Å². The fourth-order valence-corrected chi connectivity index (χ4v) is 1.89. The monoisotopic (exact) mass is 343 g/mol. The number of pyridine rings is 1. The van der Waals surface area contributed by atoms with Crippen LogP contribution in [0.15, 0.2) is 6.20 Å². The second-order valence-corrected chi connectivity index (χ2v) is 5.10. The minimum atomic E-state index is -2.81. The maximum absolute atomic E-state index is 11.7. The number of aliphatic carboxylic acids is 2. The van der Waals surface area contributed by atoms with Crippen molar-refractivity contribution in [2.24, 2.45) is 0 Å². The molecule has 1 heterocycles. The average Bonchev–Trinajstić information content (AvgIpc) is 2.47. The maximum atomic E-state index is 11.7. The second-order valence-electron chi connectivity index (χ2n) is 5.10. The lowest BCUT2D eigenvalue weighted by molar-refractivity contribution is -0.172. The Morgan fingerprint density at radius 3 is 2.38 bits per heavy atom. The van der Waals surface area contributed by atoms with Gasteiger partial charge < -0.3 is 30.3 Å². The minimum Gasteiger partial charge on any atom is -0.506 e. The predicted octanol–water partition coefficient (Wildman–Crippen LogP) is -0.688. The highest BCUT2D eigenvalue weighted by atomic mass is 16.5. The molecule has 132 valence electrons. The maximum Gasteiger partial charge on any atom is 0.336 e. The number of aliphatic hydroxyl groups excluding tert-OH is 1. The van der Waals surface area contributed by atoms with Gasteiger partial charge in [-0.15, -0.1) is 0 Å². The Balaban J connectivity index is 2.85. The Hall–Kier alpha value is -2.72. The fraction of sp³-hybridized carbons (Fsp3) is 0.429. The number of rotatable bonds is 8. The van der Waals surface area contributed by atoms with Crippen molar-refractivity contribution in [3.05, 3.63) is 23.0 Å². The summed E-state index contributed by atoms with van der Waals surface area (Å²) in [5.41, 5.74) is -2.30. The summed E-state index contributed by atoms with van der Waals surface area (Å²) in [6.07, 6.45) is -0.997. The number of carbonyl (C=O) groups is 3. The number of carboxylic acid groups (broad SMARTS) is 2. The third-order valence-electron chi connectivity index (χ3n) is 3.26. The normalized spacial score (nSPS) is 13.1. The van der Waals surface area contributed by atoms with Gasteiger partial charge in [-0.2, -0.15) is 0 Å². The average molecular weight is 343 g/mol. The topological polar surface area (TPSA) is 174 Å². The summed E-state index contributed by atoms with van der Waals surface area (Å²) in [6, 6.07) is 0. The molecule has 1 atom stereocenters. The molecule has 1 aromatic rings. The van der Waals surface area contributed by atoms with Crippen LogP contribution in [0.2, 0.25) is 0 Å². The van der Waals surface area contributed by atoms with Crippen LogP contribution in [0, 0.1) is 6.92 Å². The quantitative estimate of drug-likeness (QED) is 0.380. The van der Waals surface area contributed by atoms with Crippen LogP contribution in [0.4, 0.5) is 0 Å². The molecule has 0 aliphatic carbocycles. The van der Waals surface area contributed by atoms with E-state index in [2.05, 4.69) is 4.98 Å². The predicted molar refractivity (Wildman–Crippen MR) is 75.8 cm³/mol. The Kier molecular flexibility index (Phi) is 6.20. The minimum absolute atomic E-state index is 0.0791. The number of nitrogens with zero attached hydrogens (tertiary/aromatic N) is 1. The molecule has 5 N–H and O–H groups in total. The summed E-state index contributed by atoms with van der Waals surface area (Å²) in [6.45, 7) is 0.496. The van der Waals surface area contributed by atoms with Crippen molar-refractivity contribution in [1.29, 1.82) is 0 Å². The van der Waals surface area contributed by atoms with Gasteiger partial charge in [-0.1, -0.05) is 0 Å². The first-order valence-corrected chi connectivity index (χ1v) is 6.71. The zero-order chi connectivity index (χ0) is 18.5. The van der Waals surface area contributed by atoms with Crippen LogP contribution in [0.25, 0.3) is 0 Å². The lowest BCUT2D eigenvalue weighted by Crippen LogP contribution is -2.43. The first-order valence-electron chi connectivity index (χ1n) is 6.71. The molecular weight excluding hydrogens is 326 g/mol. The van der Waals surface area contributed by atoms with Crippen LogP contribution in [-0.2, 0) is 32.3 Å². The molecule has 1 rings (SSSR count). The Morgan fingerprint density at radius 2 is 1.88 bits per heavy atom. The molecule has 0 radical (unpaired) electrons. The molecular formula is C14H17NO9. The summed E-state index contributed by atoms with van der Waals surface area (Å²) in [7, 11) is 0. The van der Waals surface area contributed by atoms with Crippen molar-refractivity contribution < 1.29 is 44.7 Å². The number of esters is 1. The van der Waals surface area contributed by atoms with Crippen molar-refractivity contribution in [2.75, 3.05) is 0 Å². The van der Waals surface area contributed by atoms with E-state index in [1.54, 1.807) is 0 Å². The van der Waals surface area contributed by atoms with Gasteiger partial charge >= 0.3 is 17.9 Å². The van der Waals surface area contributed by atoms with Crippen LogP contribution in [0.5, 0.6) is 5.75 Å². The SMILES string of the molecule is Cc1ncc(CO)c(COC(=O)CC(O)(CC(=O)O)C(=O)O)c1O. The van der Waals surface area contributed by atoms with Crippen molar-refractivity contribution in [3.8, 4) is 5.75 Å². The number of hydrogen-bond acceptors (Lipinski definition) is 8. The van der Waals surface area contributed by atoms with Crippen molar-refractivity contribution >= 4 is 17.9 Å². The molecule has 0 bridgehead atoms. The third kappa shape index (κ3) is 4.64. The number of aromatic hydroxyl groups is 1. The molecule has 0 fully saturated rings. The fourth-order valence-electron chi connectivity index (χ4n) is 1.89. The molecule has 10 heteroatoms. The van der Waals surface area contributed by atoms with Gasteiger partial charge in [0.1, 0.15) is 12.4 Å². The smallest absolute Gasteiger partial charge is 0.336 e. The lowest BCUT2D eigenvalue weighted by Gasteiger charge is -2.20. The van der Waals surface area contributed by atoms with Gasteiger partial charge in [-0.05, 0) is 6.92 Å². The number of aromatic nitrogens is 1. The Morgan fingerprint density at radius 1 is 1.25 bits per heavy atom. The lowest BCUT2D eigenvalue weighted by atomic mass is 9.96. The van der Waals surface area contributed by atoms with Gasteiger partial charge in [-0.3, -0.25) is 14.6 Å². The summed E-state index contributed by atoms with van der Waals surface area (Å²) in [5.74, 6) is -4.95. The molecule has 24 heavy (non-hydrogen) atoms. The van der Waals surface area contributed by atoms with E-state index in [1.807, 2.05) is 0 Å². The number of carbonyl (C=O) groups excluding carboxylic acids is 1. The summed E-state index contributed by atoms with van der Waals surface area (Å²) in [5, 5.41) is 46.3. The van der Waals surface area contributed by atoms with Crippen molar-refractivity contribution in [2.45, 2.75) is 38.6 Å². The second kappa shape index (κ2) is 7.70. The Bertz CT molecular complexity index is 658. The molecule has 0 amide bonds. The molecule has 1 aromatic heterocycles. The van der Waals surface area contributed by atoms with E-state index in [1.165, 1.54) is 13.1 Å². The number of carboxylic acids is 2. The zero-order valence-electron chi connectivity index (χ0n) is 12.7. The van der Waals surface area contributed by atoms with Crippen LogP contribution in [-0.4, -0.2) is 54.0 Å². The molecule has 10 nitrogen and oxygen atoms in total. The molecule has 0 saturated carbocycles. The molecule has 0 spiro atoms. The third-order valence-corrected chi connectivity index (χ3v) is 3.26. The van der Waals surface area contributed by atoms with Gasteiger partial charge in [0.05, 0.1) is 25.1 Å². The van der Waals surface area contributed by atoms with E-state index in [0.717, 1.165) is 0 Å².